The van der Waals surface area contributed by atoms with Crippen LogP contribution >= 0.6 is 0 Å². The lowest BCUT2D eigenvalue weighted by atomic mass is 10.1. The summed E-state index contributed by atoms with van der Waals surface area (Å²) in [6, 6.07) is 8.53. The van der Waals surface area contributed by atoms with Crippen molar-refractivity contribution in [1.29, 1.82) is 0 Å². The second kappa shape index (κ2) is 6.25. The largest absolute Gasteiger partial charge is 0.497 e. The van der Waals surface area contributed by atoms with Crippen molar-refractivity contribution in [2.24, 2.45) is 0 Å². The first-order chi connectivity index (χ1) is 7.27. The highest BCUT2D eigenvalue weighted by molar-refractivity contribution is 5.28. The molecule has 1 N–H and O–H groups in total. The third-order valence-electron chi connectivity index (χ3n) is 2.39. The number of methoxy groups -OCH3 is 1. The van der Waals surface area contributed by atoms with Gasteiger partial charge < -0.3 is 10.1 Å². The molecule has 82 valence electrons. The van der Waals surface area contributed by atoms with Crippen LogP contribution < -0.4 is 10.1 Å². The van der Waals surface area contributed by atoms with Crippen LogP contribution in [0.5, 0.6) is 5.75 Å². The number of nitrogens with one attached hydrogen (secondary N) is 1. The Morgan fingerprint density at radius 1 is 1.33 bits per heavy atom. The molecule has 2 nitrogen and oxygen atoms in total. The fourth-order valence-corrected chi connectivity index (χ4v) is 1.37. The van der Waals surface area contributed by atoms with Gasteiger partial charge in [-0.1, -0.05) is 24.3 Å². The molecule has 0 aliphatic heterocycles. The lowest BCUT2D eigenvalue weighted by molar-refractivity contribution is 0.414. The zero-order chi connectivity index (χ0) is 11.1. The molecular formula is C13H19NO. The van der Waals surface area contributed by atoms with E-state index in [0.717, 1.165) is 12.3 Å². The Kier molecular flexibility index (Phi) is 4.91. The highest BCUT2D eigenvalue weighted by atomic mass is 16.5. The van der Waals surface area contributed by atoms with Crippen LogP contribution in [-0.2, 0) is 0 Å². The summed E-state index contributed by atoms with van der Waals surface area (Å²) in [4.78, 5) is 0. The quantitative estimate of drug-likeness (QED) is 0.746. The van der Waals surface area contributed by atoms with Gasteiger partial charge in [-0.25, -0.2) is 0 Å². The van der Waals surface area contributed by atoms with E-state index in [9.17, 15) is 0 Å². The van der Waals surface area contributed by atoms with Crippen LogP contribution in [-0.4, -0.2) is 13.7 Å². The van der Waals surface area contributed by atoms with Gasteiger partial charge >= 0.3 is 0 Å². The summed E-state index contributed by atoms with van der Waals surface area (Å²) < 4.78 is 5.12. The van der Waals surface area contributed by atoms with Crippen LogP contribution in [0.15, 0.2) is 36.4 Å². The molecule has 0 amide bonds. The average molecular weight is 205 g/mol. The molecule has 1 aromatic carbocycles. The third-order valence-corrected chi connectivity index (χ3v) is 2.39. The van der Waals surface area contributed by atoms with Crippen molar-refractivity contribution >= 4 is 0 Å². The summed E-state index contributed by atoms with van der Waals surface area (Å²) >= 11 is 0. The second-order valence-corrected chi connectivity index (χ2v) is 3.47. The van der Waals surface area contributed by atoms with Crippen molar-refractivity contribution in [3.8, 4) is 5.75 Å². The molecule has 1 atom stereocenters. The number of hydrogen-bond acceptors (Lipinski definition) is 2. The van der Waals surface area contributed by atoms with Gasteiger partial charge in [-0.3, -0.25) is 0 Å². The van der Waals surface area contributed by atoms with Gasteiger partial charge in [-0.05, 0) is 31.5 Å². The Morgan fingerprint density at radius 3 is 2.53 bits per heavy atom. The van der Waals surface area contributed by atoms with Gasteiger partial charge in [-0.2, -0.15) is 0 Å². The zero-order valence-corrected chi connectivity index (χ0v) is 9.66. The zero-order valence-electron chi connectivity index (χ0n) is 9.66. The number of allylic oxidation sites excluding steroid dienone is 1. The maximum atomic E-state index is 5.12. The smallest absolute Gasteiger partial charge is 0.118 e. The van der Waals surface area contributed by atoms with Crippen molar-refractivity contribution in [2.45, 2.75) is 19.9 Å². The fourth-order valence-electron chi connectivity index (χ4n) is 1.37. The Balaban J connectivity index is 2.53. The SMILES string of the molecule is C/C=C/CN[C@H](C)c1ccc(OC)cc1. The van der Waals surface area contributed by atoms with Crippen LogP contribution in [0.2, 0.25) is 0 Å². The highest BCUT2D eigenvalue weighted by Gasteiger charge is 2.02. The predicted molar refractivity (Wildman–Crippen MR) is 64.2 cm³/mol. The lowest BCUT2D eigenvalue weighted by Gasteiger charge is -2.13. The summed E-state index contributed by atoms with van der Waals surface area (Å²) in [6.45, 7) is 5.09. The second-order valence-electron chi connectivity index (χ2n) is 3.47. The Morgan fingerprint density at radius 2 is 2.00 bits per heavy atom. The summed E-state index contributed by atoms with van der Waals surface area (Å²) in [5, 5.41) is 3.41. The molecule has 0 saturated carbocycles. The van der Waals surface area contributed by atoms with Crippen LogP contribution in [0, 0.1) is 0 Å². The molecule has 0 fully saturated rings. The van der Waals surface area contributed by atoms with Crippen molar-refractivity contribution < 1.29 is 4.74 Å². The van der Waals surface area contributed by atoms with Gasteiger partial charge in [0.25, 0.3) is 0 Å². The molecule has 0 aliphatic carbocycles. The van der Waals surface area contributed by atoms with Crippen LogP contribution in [0.25, 0.3) is 0 Å². The minimum Gasteiger partial charge on any atom is -0.497 e. The molecule has 0 radical (unpaired) electrons. The van der Waals surface area contributed by atoms with E-state index in [2.05, 4.69) is 30.4 Å². The summed E-state index contributed by atoms with van der Waals surface area (Å²) in [7, 11) is 1.68. The van der Waals surface area contributed by atoms with Gasteiger partial charge in [0, 0.05) is 12.6 Å². The average Bonchev–Trinajstić information content (AvgIpc) is 2.29. The van der Waals surface area contributed by atoms with E-state index >= 15 is 0 Å². The molecule has 0 unspecified atom stereocenters. The maximum absolute atomic E-state index is 5.12. The van der Waals surface area contributed by atoms with Gasteiger partial charge in [0.05, 0.1) is 7.11 Å². The molecule has 15 heavy (non-hydrogen) atoms. The van der Waals surface area contributed by atoms with Crippen molar-refractivity contribution in [3.63, 3.8) is 0 Å². The van der Waals surface area contributed by atoms with E-state index < -0.39 is 0 Å². The summed E-state index contributed by atoms with van der Waals surface area (Å²) in [6.07, 6.45) is 4.16. The van der Waals surface area contributed by atoms with E-state index in [1.54, 1.807) is 7.11 Å². The monoisotopic (exact) mass is 205 g/mol. The number of ether oxygens (including phenoxy) is 1. The molecular weight excluding hydrogens is 186 g/mol. The van der Waals surface area contributed by atoms with Gasteiger partial charge in [0.15, 0.2) is 0 Å². The van der Waals surface area contributed by atoms with Crippen molar-refractivity contribution in [1.82, 2.24) is 5.32 Å². The first-order valence-electron chi connectivity index (χ1n) is 5.26. The topological polar surface area (TPSA) is 21.3 Å². The van der Waals surface area contributed by atoms with E-state index in [1.807, 2.05) is 25.1 Å². The van der Waals surface area contributed by atoms with Crippen LogP contribution in [0.3, 0.4) is 0 Å². The van der Waals surface area contributed by atoms with Crippen LogP contribution in [0.4, 0.5) is 0 Å². The molecule has 0 aromatic heterocycles. The molecule has 2 heteroatoms. The Bertz CT molecular complexity index is 303. The summed E-state index contributed by atoms with van der Waals surface area (Å²) in [5.74, 6) is 0.902. The Hall–Kier alpha value is -1.28. The summed E-state index contributed by atoms with van der Waals surface area (Å²) in [5.41, 5.74) is 1.28. The first-order valence-corrected chi connectivity index (χ1v) is 5.26. The molecule has 0 spiro atoms. The first kappa shape index (κ1) is 11.8. The predicted octanol–water partition coefficient (Wildman–Crippen LogP) is 2.92. The van der Waals surface area contributed by atoms with Crippen LogP contribution in [0.1, 0.15) is 25.5 Å². The van der Waals surface area contributed by atoms with E-state index in [1.165, 1.54) is 5.56 Å². The van der Waals surface area contributed by atoms with Crippen molar-refractivity contribution in [3.05, 3.63) is 42.0 Å². The van der Waals surface area contributed by atoms with Gasteiger partial charge in [-0.15, -0.1) is 0 Å². The van der Waals surface area contributed by atoms with Crippen molar-refractivity contribution in [2.75, 3.05) is 13.7 Å². The molecule has 0 bridgehead atoms. The van der Waals surface area contributed by atoms with Gasteiger partial charge in [0.1, 0.15) is 5.75 Å². The molecule has 0 saturated heterocycles. The van der Waals surface area contributed by atoms with Gasteiger partial charge in [0.2, 0.25) is 0 Å². The maximum Gasteiger partial charge on any atom is 0.118 e. The molecule has 0 aliphatic rings. The van der Waals surface area contributed by atoms with E-state index in [0.29, 0.717) is 6.04 Å². The number of benzene rings is 1. The third kappa shape index (κ3) is 3.76. The van der Waals surface area contributed by atoms with E-state index in [4.69, 9.17) is 4.74 Å². The molecule has 0 heterocycles. The van der Waals surface area contributed by atoms with E-state index in [-0.39, 0.29) is 0 Å². The minimum absolute atomic E-state index is 0.368. The standard InChI is InChI=1S/C13H19NO/c1-4-5-10-14-11(2)12-6-8-13(15-3)9-7-12/h4-9,11,14H,10H2,1-3H3/b5-4+/t11-/m1/s1. The number of rotatable bonds is 5. The lowest BCUT2D eigenvalue weighted by Crippen LogP contribution is -2.18. The normalized spacial score (nSPS) is 13.0. The molecule has 1 aromatic rings. The minimum atomic E-state index is 0.368. The number of hydrogen-bond donors (Lipinski definition) is 1. The molecule has 1 rings (SSSR count). The Labute approximate surface area is 92.0 Å². The highest BCUT2D eigenvalue weighted by Crippen LogP contribution is 2.16. The fraction of sp³-hybridized carbons (Fsp3) is 0.385.